The molecule has 3 nitrogen and oxygen atoms in total. The molecule has 0 aromatic heterocycles. The van der Waals surface area contributed by atoms with Crippen molar-refractivity contribution < 1.29 is 14.3 Å². The second-order valence-corrected chi connectivity index (χ2v) is 5.90. The molecule has 0 saturated heterocycles. The second kappa shape index (κ2) is 11.6. The number of carbonyl (C=O) groups is 1. The van der Waals surface area contributed by atoms with Crippen molar-refractivity contribution in [3.05, 3.63) is 12.7 Å². The number of hydrogen-bond donors (Lipinski definition) is 0. The summed E-state index contributed by atoms with van der Waals surface area (Å²) in [5.41, 5.74) is -0.562. The number of ether oxygens (including phenoxy) is 2. The van der Waals surface area contributed by atoms with Gasteiger partial charge in [0.1, 0.15) is 11.7 Å². The van der Waals surface area contributed by atoms with Crippen LogP contribution in [0.1, 0.15) is 85.5 Å². The highest BCUT2D eigenvalue weighted by Crippen LogP contribution is 2.28. The molecule has 3 heteroatoms. The Bertz CT molecular complexity index is 278. The molecule has 0 heterocycles. The van der Waals surface area contributed by atoms with Gasteiger partial charge < -0.3 is 9.47 Å². The van der Waals surface area contributed by atoms with Crippen molar-refractivity contribution in [1.82, 2.24) is 0 Å². The molecule has 0 N–H and O–H groups in total. The fourth-order valence-corrected chi connectivity index (χ4v) is 2.33. The summed E-state index contributed by atoms with van der Waals surface area (Å²) < 4.78 is 11.0. The fraction of sp³-hybridized carbons (Fsp3) is 0.833. The molecule has 0 aromatic carbocycles. The van der Waals surface area contributed by atoms with Gasteiger partial charge in [0.2, 0.25) is 0 Å². The maximum atomic E-state index is 12.0. The average molecular weight is 298 g/mol. The molecule has 1 unspecified atom stereocenters. The molecule has 0 aromatic rings. The number of rotatable bonds is 12. The van der Waals surface area contributed by atoms with Crippen LogP contribution in [-0.4, -0.2) is 17.9 Å². The summed E-state index contributed by atoms with van der Waals surface area (Å²) in [6.45, 7) is 12.2. The first kappa shape index (κ1) is 20.0. The minimum Gasteiger partial charge on any atom is -0.431 e. The molecule has 0 radical (unpaired) electrons. The lowest BCUT2D eigenvalue weighted by Crippen LogP contribution is -2.34. The van der Waals surface area contributed by atoms with Gasteiger partial charge in [-0.1, -0.05) is 53.0 Å². The Kier molecular flexibility index (Phi) is 11.1. The monoisotopic (exact) mass is 298 g/mol. The van der Waals surface area contributed by atoms with Crippen molar-refractivity contribution in [2.45, 2.75) is 97.2 Å². The average Bonchev–Trinajstić information content (AvgIpc) is 2.48. The summed E-state index contributed by atoms with van der Waals surface area (Å²) in [5, 5.41) is 0. The van der Waals surface area contributed by atoms with Crippen LogP contribution in [0.3, 0.4) is 0 Å². The molecule has 0 aliphatic rings. The Morgan fingerprint density at radius 3 is 2.05 bits per heavy atom. The lowest BCUT2D eigenvalue weighted by atomic mass is 9.91. The molecule has 0 bridgehead atoms. The summed E-state index contributed by atoms with van der Waals surface area (Å²) >= 11 is 0. The third-order valence-corrected chi connectivity index (χ3v) is 3.83. The van der Waals surface area contributed by atoms with Gasteiger partial charge in [-0.15, -0.1) is 0 Å². The first-order valence-corrected chi connectivity index (χ1v) is 8.56. The molecule has 21 heavy (non-hydrogen) atoms. The summed E-state index contributed by atoms with van der Waals surface area (Å²) in [7, 11) is 0. The second-order valence-electron chi connectivity index (χ2n) is 5.90. The number of hydrogen-bond acceptors (Lipinski definition) is 3. The van der Waals surface area contributed by atoms with E-state index in [1.807, 2.05) is 6.92 Å². The van der Waals surface area contributed by atoms with Crippen molar-refractivity contribution in [3.8, 4) is 0 Å². The molecule has 0 amide bonds. The maximum absolute atomic E-state index is 12.0. The molecule has 124 valence electrons. The third-order valence-electron chi connectivity index (χ3n) is 3.83. The van der Waals surface area contributed by atoms with E-state index in [0.29, 0.717) is 0 Å². The molecule has 0 fully saturated rings. The van der Waals surface area contributed by atoms with E-state index in [-0.39, 0.29) is 6.10 Å². The van der Waals surface area contributed by atoms with Crippen LogP contribution < -0.4 is 0 Å². The molecule has 1 atom stereocenters. The Labute approximate surface area is 131 Å². The zero-order chi connectivity index (χ0) is 16.1. The summed E-state index contributed by atoms with van der Waals surface area (Å²) in [6.07, 6.45) is 10.1. The molecule has 0 aliphatic carbocycles. The Hall–Kier alpha value is -0.990. The maximum Gasteiger partial charge on any atom is 0.509 e. The molecule has 0 saturated carbocycles. The lowest BCUT2D eigenvalue weighted by Gasteiger charge is -2.30. The molecular formula is C18H34O3. The summed E-state index contributed by atoms with van der Waals surface area (Å²) in [6, 6.07) is 0. The zero-order valence-corrected chi connectivity index (χ0v) is 14.5. The van der Waals surface area contributed by atoms with Gasteiger partial charge >= 0.3 is 6.16 Å². The van der Waals surface area contributed by atoms with Crippen LogP contribution in [0.4, 0.5) is 4.79 Å². The first-order chi connectivity index (χ1) is 10.0. The van der Waals surface area contributed by atoms with Crippen LogP contribution in [0.2, 0.25) is 0 Å². The highest BCUT2D eigenvalue weighted by atomic mass is 16.7. The van der Waals surface area contributed by atoms with E-state index in [4.69, 9.17) is 9.47 Å². The Morgan fingerprint density at radius 2 is 1.62 bits per heavy atom. The topological polar surface area (TPSA) is 35.5 Å². The lowest BCUT2D eigenvalue weighted by molar-refractivity contribution is -0.0357. The molecular weight excluding hydrogens is 264 g/mol. The van der Waals surface area contributed by atoms with Crippen molar-refractivity contribution in [2.24, 2.45) is 0 Å². The van der Waals surface area contributed by atoms with Gasteiger partial charge in [-0.25, -0.2) is 4.79 Å². The SMILES string of the molecule is C=CC(CCCC)(CCCC)OC(=O)OC(C)CCCC. The van der Waals surface area contributed by atoms with E-state index in [1.165, 1.54) is 0 Å². The standard InChI is InChI=1S/C18H34O3/c1-6-10-13-16(5)20-17(19)21-18(9-4,14-11-7-2)15-12-8-3/h9,16H,4,6-8,10-15H2,1-3,5H3. The normalized spacial score (nSPS) is 12.8. The van der Waals surface area contributed by atoms with Gasteiger partial charge in [-0.2, -0.15) is 0 Å². The van der Waals surface area contributed by atoms with E-state index >= 15 is 0 Å². The smallest absolute Gasteiger partial charge is 0.431 e. The largest absolute Gasteiger partial charge is 0.509 e. The predicted molar refractivity (Wildman–Crippen MR) is 88.5 cm³/mol. The van der Waals surface area contributed by atoms with Gasteiger partial charge in [-0.05, 0) is 45.1 Å². The van der Waals surface area contributed by atoms with Crippen LogP contribution in [0.5, 0.6) is 0 Å². The molecule has 0 aliphatic heterocycles. The van der Waals surface area contributed by atoms with Gasteiger partial charge in [-0.3, -0.25) is 0 Å². The van der Waals surface area contributed by atoms with E-state index in [1.54, 1.807) is 6.08 Å². The predicted octanol–water partition coefficient (Wildman–Crippen LogP) is 6.02. The van der Waals surface area contributed by atoms with E-state index in [9.17, 15) is 4.79 Å². The van der Waals surface area contributed by atoms with Crippen LogP contribution >= 0.6 is 0 Å². The minimum atomic E-state index is -0.562. The molecule has 0 spiro atoms. The number of carbonyl (C=O) groups excluding carboxylic acids is 1. The third kappa shape index (κ3) is 8.79. The van der Waals surface area contributed by atoms with Crippen molar-refractivity contribution >= 4 is 6.16 Å². The van der Waals surface area contributed by atoms with Gasteiger partial charge in [0.15, 0.2) is 0 Å². The van der Waals surface area contributed by atoms with Crippen LogP contribution in [0, 0.1) is 0 Å². The van der Waals surface area contributed by atoms with Crippen molar-refractivity contribution in [2.75, 3.05) is 0 Å². The Balaban J connectivity index is 4.54. The van der Waals surface area contributed by atoms with Gasteiger partial charge in [0.05, 0.1) is 0 Å². The van der Waals surface area contributed by atoms with Gasteiger partial charge in [0.25, 0.3) is 0 Å². The first-order valence-electron chi connectivity index (χ1n) is 8.56. The minimum absolute atomic E-state index is 0.0858. The summed E-state index contributed by atoms with van der Waals surface area (Å²) in [5.74, 6) is 0. The fourth-order valence-electron chi connectivity index (χ4n) is 2.33. The van der Waals surface area contributed by atoms with E-state index in [2.05, 4.69) is 27.4 Å². The summed E-state index contributed by atoms with van der Waals surface area (Å²) in [4.78, 5) is 12.0. The number of unbranched alkanes of at least 4 members (excludes halogenated alkanes) is 3. The van der Waals surface area contributed by atoms with Gasteiger partial charge in [0, 0.05) is 0 Å². The Morgan fingerprint density at radius 1 is 1.10 bits per heavy atom. The van der Waals surface area contributed by atoms with E-state index in [0.717, 1.165) is 57.8 Å². The molecule has 0 rings (SSSR count). The van der Waals surface area contributed by atoms with E-state index < -0.39 is 11.8 Å². The quantitative estimate of drug-likeness (QED) is 0.326. The van der Waals surface area contributed by atoms with Crippen molar-refractivity contribution in [1.29, 1.82) is 0 Å². The van der Waals surface area contributed by atoms with Crippen LogP contribution in [-0.2, 0) is 9.47 Å². The van der Waals surface area contributed by atoms with Crippen molar-refractivity contribution in [3.63, 3.8) is 0 Å². The highest BCUT2D eigenvalue weighted by molar-refractivity contribution is 5.61. The zero-order valence-electron chi connectivity index (χ0n) is 14.5. The van der Waals surface area contributed by atoms with Crippen LogP contribution in [0.15, 0.2) is 12.7 Å². The van der Waals surface area contributed by atoms with Crippen LogP contribution in [0.25, 0.3) is 0 Å². The highest BCUT2D eigenvalue weighted by Gasteiger charge is 2.31.